The number of benzene rings is 2. The highest BCUT2D eigenvalue weighted by molar-refractivity contribution is 9.10. The van der Waals surface area contributed by atoms with Crippen molar-refractivity contribution in [3.05, 3.63) is 64.1 Å². The first-order valence-electron chi connectivity index (χ1n) is 6.20. The van der Waals surface area contributed by atoms with E-state index >= 15 is 0 Å². The Kier molecular flexibility index (Phi) is 5.09. The molecule has 0 fully saturated rings. The Balaban J connectivity index is 2.22. The SMILES string of the molecule is NCC(Nc1cccc(Br)c1)c1cccc(C(F)F)c1. The number of rotatable bonds is 5. The highest BCUT2D eigenvalue weighted by atomic mass is 79.9. The van der Waals surface area contributed by atoms with Gasteiger partial charge in [0.05, 0.1) is 6.04 Å². The minimum absolute atomic E-state index is 0.0111. The van der Waals surface area contributed by atoms with Crippen LogP contribution in [0.15, 0.2) is 53.0 Å². The molecule has 1 unspecified atom stereocenters. The first-order valence-corrected chi connectivity index (χ1v) is 6.99. The van der Waals surface area contributed by atoms with Crippen LogP contribution < -0.4 is 11.1 Å². The zero-order chi connectivity index (χ0) is 14.5. The van der Waals surface area contributed by atoms with E-state index in [4.69, 9.17) is 5.73 Å². The van der Waals surface area contributed by atoms with Gasteiger partial charge in [-0.2, -0.15) is 0 Å². The van der Waals surface area contributed by atoms with Crippen LogP contribution in [-0.2, 0) is 0 Å². The van der Waals surface area contributed by atoms with Gasteiger partial charge >= 0.3 is 0 Å². The average molecular weight is 341 g/mol. The van der Waals surface area contributed by atoms with Crippen molar-refractivity contribution >= 4 is 21.6 Å². The number of hydrogen-bond donors (Lipinski definition) is 2. The second-order valence-corrected chi connectivity index (χ2v) is 5.33. The fourth-order valence-electron chi connectivity index (χ4n) is 1.97. The smallest absolute Gasteiger partial charge is 0.263 e. The Labute approximate surface area is 125 Å². The second kappa shape index (κ2) is 6.81. The molecule has 2 aromatic rings. The molecule has 20 heavy (non-hydrogen) atoms. The van der Waals surface area contributed by atoms with Crippen LogP contribution in [0.1, 0.15) is 23.6 Å². The lowest BCUT2D eigenvalue weighted by atomic mass is 10.0. The van der Waals surface area contributed by atoms with Crippen molar-refractivity contribution < 1.29 is 8.78 Å². The molecule has 0 saturated carbocycles. The van der Waals surface area contributed by atoms with E-state index in [2.05, 4.69) is 21.2 Å². The molecular weight excluding hydrogens is 326 g/mol. The third-order valence-corrected chi connectivity index (χ3v) is 3.46. The van der Waals surface area contributed by atoms with E-state index in [-0.39, 0.29) is 11.6 Å². The molecule has 0 aliphatic rings. The van der Waals surface area contributed by atoms with Gasteiger partial charge in [0.1, 0.15) is 0 Å². The number of halogens is 3. The number of hydrogen-bond acceptors (Lipinski definition) is 2. The van der Waals surface area contributed by atoms with E-state index in [1.165, 1.54) is 12.1 Å². The lowest BCUT2D eigenvalue weighted by Crippen LogP contribution is -2.20. The van der Waals surface area contributed by atoms with Gasteiger partial charge in [-0.1, -0.05) is 40.2 Å². The maximum atomic E-state index is 12.7. The van der Waals surface area contributed by atoms with E-state index in [0.717, 1.165) is 15.7 Å². The van der Waals surface area contributed by atoms with Crippen LogP contribution >= 0.6 is 15.9 Å². The van der Waals surface area contributed by atoms with Crippen LogP contribution in [-0.4, -0.2) is 6.54 Å². The highest BCUT2D eigenvalue weighted by Gasteiger charge is 2.13. The third-order valence-electron chi connectivity index (χ3n) is 2.97. The van der Waals surface area contributed by atoms with Crippen molar-refractivity contribution in [2.45, 2.75) is 12.5 Å². The number of nitrogens with one attached hydrogen (secondary N) is 1. The van der Waals surface area contributed by atoms with Gasteiger partial charge in [0.15, 0.2) is 0 Å². The summed E-state index contributed by atoms with van der Waals surface area (Å²) in [5.74, 6) is 0. The molecule has 0 radical (unpaired) electrons. The molecule has 0 saturated heterocycles. The van der Waals surface area contributed by atoms with Crippen molar-refractivity contribution in [1.82, 2.24) is 0 Å². The number of anilines is 1. The first kappa shape index (κ1) is 14.9. The normalized spacial score (nSPS) is 12.4. The molecule has 2 rings (SSSR count). The van der Waals surface area contributed by atoms with Crippen LogP contribution in [0.3, 0.4) is 0 Å². The Bertz CT molecular complexity index is 575. The molecule has 0 amide bonds. The molecule has 2 aromatic carbocycles. The van der Waals surface area contributed by atoms with Gasteiger partial charge in [0.2, 0.25) is 0 Å². The van der Waals surface area contributed by atoms with E-state index in [9.17, 15) is 8.78 Å². The summed E-state index contributed by atoms with van der Waals surface area (Å²) in [4.78, 5) is 0. The summed E-state index contributed by atoms with van der Waals surface area (Å²) in [6.07, 6.45) is -2.47. The quantitative estimate of drug-likeness (QED) is 0.840. The molecule has 2 nitrogen and oxygen atoms in total. The van der Waals surface area contributed by atoms with Crippen LogP contribution in [0.2, 0.25) is 0 Å². The van der Waals surface area contributed by atoms with Crippen molar-refractivity contribution in [3.63, 3.8) is 0 Å². The maximum Gasteiger partial charge on any atom is 0.263 e. The lowest BCUT2D eigenvalue weighted by Gasteiger charge is -2.19. The molecule has 3 N–H and O–H groups in total. The minimum atomic E-state index is -2.47. The summed E-state index contributed by atoms with van der Waals surface area (Å²) in [6, 6.07) is 13.8. The fourth-order valence-corrected chi connectivity index (χ4v) is 2.37. The van der Waals surface area contributed by atoms with Crippen molar-refractivity contribution in [3.8, 4) is 0 Å². The minimum Gasteiger partial charge on any atom is -0.377 e. The fraction of sp³-hybridized carbons (Fsp3) is 0.200. The summed E-state index contributed by atoms with van der Waals surface area (Å²) in [7, 11) is 0. The van der Waals surface area contributed by atoms with Gasteiger partial charge in [-0.15, -0.1) is 0 Å². The van der Waals surface area contributed by atoms with Gasteiger partial charge in [-0.25, -0.2) is 8.78 Å². The molecule has 106 valence electrons. The van der Waals surface area contributed by atoms with E-state index in [1.807, 2.05) is 24.3 Å². The van der Waals surface area contributed by atoms with Crippen molar-refractivity contribution in [2.75, 3.05) is 11.9 Å². The summed E-state index contributed by atoms with van der Waals surface area (Å²) < 4.78 is 26.4. The monoisotopic (exact) mass is 340 g/mol. The van der Waals surface area contributed by atoms with Crippen LogP contribution in [0.5, 0.6) is 0 Å². The largest absolute Gasteiger partial charge is 0.377 e. The molecule has 0 heterocycles. The van der Waals surface area contributed by atoms with Crippen LogP contribution in [0, 0.1) is 0 Å². The molecule has 1 atom stereocenters. The third kappa shape index (κ3) is 3.77. The predicted molar refractivity (Wildman–Crippen MR) is 81.0 cm³/mol. The van der Waals surface area contributed by atoms with E-state index in [0.29, 0.717) is 6.54 Å². The Morgan fingerprint density at radius 2 is 1.75 bits per heavy atom. The summed E-state index contributed by atoms with van der Waals surface area (Å²) in [6.45, 7) is 0.319. The molecule has 0 aromatic heterocycles. The molecule has 5 heteroatoms. The summed E-state index contributed by atoms with van der Waals surface area (Å²) >= 11 is 3.39. The lowest BCUT2D eigenvalue weighted by molar-refractivity contribution is 0.151. The van der Waals surface area contributed by atoms with Gasteiger partial charge < -0.3 is 11.1 Å². The molecular formula is C15H15BrF2N2. The summed E-state index contributed by atoms with van der Waals surface area (Å²) in [5, 5.41) is 3.25. The highest BCUT2D eigenvalue weighted by Crippen LogP contribution is 2.25. The Morgan fingerprint density at radius 3 is 2.40 bits per heavy atom. The molecule has 0 bridgehead atoms. The van der Waals surface area contributed by atoms with Crippen LogP contribution in [0.25, 0.3) is 0 Å². The van der Waals surface area contributed by atoms with Crippen molar-refractivity contribution in [2.24, 2.45) is 5.73 Å². The van der Waals surface area contributed by atoms with Gasteiger partial charge in [-0.05, 0) is 29.8 Å². The van der Waals surface area contributed by atoms with E-state index in [1.54, 1.807) is 12.1 Å². The average Bonchev–Trinajstić information content (AvgIpc) is 2.45. The van der Waals surface area contributed by atoms with Gasteiger partial charge in [0, 0.05) is 22.3 Å². The number of alkyl halides is 2. The first-order chi connectivity index (χ1) is 9.60. The van der Waals surface area contributed by atoms with Crippen molar-refractivity contribution in [1.29, 1.82) is 0 Å². The number of nitrogens with two attached hydrogens (primary N) is 1. The standard InChI is InChI=1S/C15H15BrF2N2/c16-12-5-2-6-13(8-12)20-14(9-19)10-3-1-4-11(7-10)15(17)18/h1-8,14-15,20H,9,19H2. The maximum absolute atomic E-state index is 12.7. The van der Waals surface area contributed by atoms with E-state index < -0.39 is 6.43 Å². The Hall–Kier alpha value is -1.46. The molecule has 0 aliphatic carbocycles. The molecule has 0 aliphatic heterocycles. The van der Waals surface area contributed by atoms with Gasteiger partial charge in [-0.3, -0.25) is 0 Å². The topological polar surface area (TPSA) is 38.0 Å². The predicted octanol–water partition coefficient (Wildman–Crippen LogP) is 4.50. The molecule has 0 spiro atoms. The van der Waals surface area contributed by atoms with Gasteiger partial charge in [0.25, 0.3) is 6.43 Å². The zero-order valence-corrected chi connectivity index (χ0v) is 12.3. The zero-order valence-electron chi connectivity index (χ0n) is 10.7. The second-order valence-electron chi connectivity index (χ2n) is 4.41. The Morgan fingerprint density at radius 1 is 1.05 bits per heavy atom. The summed E-state index contributed by atoms with van der Waals surface area (Å²) in [5.41, 5.74) is 7.41. The van der Waals surface area contributed by atoms with Crippen LogP contribution in [0.4, 0.5) is 14.5 Å².